The fourth-order valence-corrected chi connectivity index (χ4v) is 2.25. The molecule has 5 nitrogen and oxygen atoms in total. The Morgan fingerprint density at radius 3 is 2.08 bits per heavy atom. The van der Waals surface area contributed by atoms with Crippen molar-refractivity contribution in [3.63, 3.8) is 0 Å². The molecule has 2 aromatic carbocycles. The minimum atomic E-state index is -5.02. The van der Waals surface area contributed by atoms with E-state index in [4.69, 9.17) is 0 Å². The van der Waals surface area contributed by atoms with Crippen molar-refractivity contribution >= 4 is 5.91 Å². The lowest BCUT2D eigenvalue weighted by molar-refractivity contribution is -0.186. The van der Waals surface area contributed by atoms with Crippen LogP contribution in [0, 0.1) is 0 Å². The van der Waals surface area contributed by atoms with Crippen LogP contribution < -0.4 is 0 Å². The number of carbonyl (C=O) groups excluding carboxylic acids is 1. The topological polar surface area (TPSA) is 81.0 Å². The number of nitrogens with zero attached hydrogens (tertiary/aromatic N) is 1. The van der Waals surface area contributed by atoms with Crippen molar-refractivity contribution in [3.05, 3.63) is 53.6 Å². The molecule has 0 aliphatic carbocycles. The van der Waals surface area contributed by atoms with E-state index in [1.165, 1.54) is 18.2 Å². The molecule has 0 aliphatic rings. The predicted molar refractivity (Wildman–Crippen MR) is 83.1 cm³/mol. The Morgan fingerprint density at radius 2 is 1.52 bits per heavy atom. The van der Waals surface area contributed by atoms with Crippen molar-refractivity contribution in [2.75, 3.05) is 6.54 Å². The highest BCUT2D eigenvalue weighted by atomic mass is 19.4. The highest BCUT2D eigenvalue weighted by Crippen LogP contribution is 2.27. The Morgan fingerprint density at radius 1 is 0.920 bits per heavy atom. The number of rotatable bonds is 5. The lowest BCUT2D eigenvalue weighted by atomic mass is 10.1. The lowest BCUT2D eigenvalue weighted by Gasteiger charge is -2.24. The Balaban J connectivity index is 2.16. The maximum absolute atomic E-state index is 12.8. The third-order valence-electron chi connectivity index (χ3n) is 3.55. The number of phenolic OH excluding ortho intramolecular Hbond substituents is 3. The van der Waals surface area contributed by atoms with Crippen LogP contribution in [-0.4, -0.2) is 38.8 Å². The van der Waals surface area contributed by atoms with Gasteiger partial charge < -0.3 is 20.2 Å². The molecule has 0 radical (unpaired) electrons. The zero-order valence-electron chi connectivity index (χ0n) is 13.0. The van der Waals surface area contributed by atoms with Gasteiger partial charge in [0.2, 0.25) is 0 Å². The van der Waals surface area contributed by atoms with Crippen LogP contribution >= 0.6 is 0 Å². The highest BCUT2D eigenvalue weighted by Gasteiger charge is 2.42. The second-order valence-electron chi connectivity index (χ2n) is 5.46. The molecule has 0 unspecified atom stereocenters. The molecule has 0 aliphatic heterocycles. The van der Waals surface area contributed by atoms with Gasteiger partial charge in [-0.1, -0.05) is 18.2 Å². The van der Waals surface area contributed by atoms with Crippen LogP contribution in [0.2, 0.25) is 0 Å². The number of halogens is 3. The van der Waals surface area contributed by atoms with E-state index in [0.717, 1.165) is 12.1 Å². The van der Waals surface area contributed by atoms with Gasteiger partial charge in [-0.25, -0.2) is 0 Å². The van der Waals surface area contributed by atoms with E-state index in [1.54, 1.807) is 12.1 Å². The van der Waals surface area contributed by atoms with Crippen molar-refractivity contribution in [1.29, 1.82) is 0 Å². The summed E-state index contributed by atoms with van der Waals surface area (Å²) < 4.78 is 38.4. The van der Waals surface area contributed by atoms with Gasteiger partial charge in [0.05, 0.1) is 0 Å². The Kier molecular flexibility index (Phi) is 5.41. The van der Waals surface area contributed by atoms with Crippen molar-refractivity contribution in [2.45, 2.75) is 19.1 Å². The molecule has 3 N–H and O–H groups in total. The maximum atomic E-state index is 12.8. The molecular formula is C17H16F3NO4. The largest absolute Gasteiger partial charge is 0.508 e. The first kappa shape index (κ1) is 18.4. The summed E-state index contributed by atoms with van der Waals surface area (Å²) in [5, 5.41) is 27.9. The first-order valence-corrected chi connectivity index (χ1v) is 7.31. The second-order valence-corrected chi connectivity index (χ2v) is 5.46. The molecule has 0 bridgehead atoms. The van der Waals surface area contributed by atoms with E-state index in [-0.39, 0.29) is 30.8 Å². The lowest BCUT2D eigenvalue weighted by Crippen LogP contribution is -2.41. The maximum Gasteiger partial charge on any atom is 0.471 e. The second kappa shape index (κ2) is 7.33. The molecule has 1 amide bonds. The van der Waals surface area contributed by atoms with Crippen LogP contribution in [-0.2, 0) is 17.8 Å². The van der Waals surface area contributed by atoms with Gasteiger partial charge in [0.15, 0.2) is 11.5 Å². The van der Waals surface area contributed by atoms with E-state index in [0.29, 0.717) is 10.5 Å². The molecule has 2 rings (SSSR count). The Bertz CT molecular complexity index is 745. The smallest absolute Gasteiger partial charge is 0.471 e. The van der Waals surface area contributed by atoms with Gasteiger partial charge in [-0.05, 0) is 41.8 Å². The molecular weight excluding hydrogens is 339 g/mol. The average Bonchev–Trinajstić information content (AvgIpc) is 2.54. The SMILES string of the molecule is O=C(N(CCc1ccc(O)cc1)Cc1ccc(O)c(O)c1)C(F)(F)F. The Labute approximate surface area is 141 Å². The number of amides is 1. The molecule has 0 fully saturated rings. The van der Waals surface area contributed by atoms with Crippen molar-refractivity contribution in [2.24, 2.45) is 0 Å². The van der Waals surface area contributed by atoms with Crippen molar-refractivity contribution in [3.8, 4) is 17.2 Å². The summed E-state index contributed by atoms with van der Waals surface area (Å²) in [4.78, 5) is 12.3. The molecule has 0 aromatic heterocycles. The molecule has 2 aromatic rings. The van der Waals surface area contributed by atoms with E-state index in [2.05, 4.69) is 0 Å². The average molecular weight is 355 g/mol. The third kappa shape index (κ3) is 5.03. The molecule has 25 heavy (non-hydrogen) atoms. The molecule has 0 heterocycles. The number of benzene rings is 2. The van der Waals surface area contributed by atoms with Crippen LogP contribution in [0.5, 0.6) is 17.2 Å². The van der Waals surface area contributed by atoms with Gasteiger partial charge >= 0.3 is 12.1 Å². The molecule has 8 heteroatoms. The first-order valence-electron chi connectivity index (χ1n) is 7.31. The van der Waals surface area contributed by atoms with Crippen LogP contribution in [0.3, 0.4) is 0 Å². The van der Waals surface area contributed by atoms with Crippen molar-refractivity contribution < 1.29 is 33.3 Å². The molecule has 0 spiro atoms. The number of alkyl halides is 3. The summed E-state index contributed by atoms with van der Waals surface area (Å²) in [5.41, 5.74) is 0.907. The summed E-state index contributed by atoms with van der Waals surface area (Å²) in [6.45, 7) is -0.574. The van der Waals surface area contributed by atoms with E-state index >= 15 is 0 Å². The molecule has 0 saturated heterocycles. The quantitative estimate of drug-likeness (QED) is 0.721. The number of hydrogen-bond donors (Lipinski definition) is 3. The van der Waals surface area contributed by atoms with Gasteiger partial charge in [-0.15, -0.1) is 0 Å². The fourth-order valence-electron chi connectivity index (χ4n) is 2.25. The predicted octanol–water partition coefficient (Wildman–Crippen LogP) is 2.94. The number of carbonyl (C=O) groups is 1. The van der Waals surface area contributed by atoms with Gasteiger partial charge in [-0.2, -0.15) is 13.2 Å². The highest BCUT2D eigenvalue weighted by molar-refractivity contribution is 5.81. The number of aromatic hydroxyl groups is 3. The summed E-state index contributed by atoms with van der Waals surface area (Å²) in [6, 6.07) is 9.49. The normalized spacial score (nSPS) is 11.3. The standard InChI is InChI=1S/C17H16F3NO4/c18-17(19,20)16(25)21(8-7-11-1-4-13(22)5-2-11)10-12-3-6-14(23)15(24)9-12/h1-6,9,22-24H,7-8,10H2. The molecule has 134 valence electrons. The first-order chi connectivity index (χ1) is 11.7. The van der Waals surface area contributed by atoms with Gasteiger partial charge in [0.1, 0.15) is 5.75 Å². The zero-order valence-corrected chi connectivity index (χ0v) is 13.0. The van der Waals surface area contributed by atoms with Gasteiger partial charge in [-0.3, -0.25) is 4.79 Å². The summed E-state index contributed by atoms with van der Waals surface area (Å²) in [6.07, 6.45) is -4.86. The van der Waals surface area contributed by atoms with Crippen molar-refractivity contribution in [1.82, 2.24) is 4.90 Å². The van der Waals surface area contributed by atoms with E-state index < -0.39 is 23.6 Å². The Hall–Kier alpha value is -2.90. The zero-order chi connectivity index (χ0) is 18.6. The summed E-state index contributed by atoms with van der Waals surface area (Å²) >= 11 is 0. The molecule has 0 atom stereocenters. The van der Waals surface area contributed by atoms with Crippen LogP contribution in [0.1, 0.15) is 11.1 Å². The monoisotopic (exact) mass is 355 g/mol. The summed E-state index contributed by atoms with van der Waals surface area (Å²) in [7, 11) is 0. The van der Waals surface area contributed by atoms with Crippen LogP contribution in [0.15, 0.2) is 42.5 Å². The van der Waals surface area contributed by atoms with Gasteiger partial charge in [0, 0.05) is 13.1 Å². The van der Waals surface area contributed by atoms with E-state index in [9.17, 15) is 33.3 Å². The van der Waals surface area contributed by atoms with Crippen LogP contribution in [0.4, 0.5) is 13.2 Å². The minimum Gasteiger partial charge on any atom is -0.508 e. The van der Waals surface area contributed by atoms with E-state index in [1.807, 2.05) is 0 Å². The van der Waals surface area contributed by atoms with Gasteiger partial charge in [0.25, 0.3) is 0 Å². The minimum absolute atomic E-state index is 0.0338. The number of phenols is 3. The molecule has 0 saturated carbocycles. The fraction of sp³-hybridized carbons (Fsp3) is 0.235. The summed E-state index contributed by atoms with van der Waals surface area (Å²) in [5.74, 6) is -2.83. The van der Waals surface area contributed by atoms with Crippen LogP contribution in [0.25, 0.3) is 0 Å². The number of hydrogen-bond acceptors (Lipinski definition) is 4. The third-order valence-corrected chi connectivity index (χ3v) is 3.55.